The van der Waals surface area contributed by atoms with Gasteiger partial charge in [-0.3, -0.25) is 4.98 Å². The molecule has 3 rings (SSSR count). The topological polar surface area (TPSA) is 50.9 Å². The molecule has 3 aromatic rings. The summed E-state index contributed by atoms with van der Waals surface area (Å²) in [5, 5.41) is 10.8. The predicted octanol–water partition coefficient (Wildman–Crippen LogP) is 6.09. The molecule has 1 N–H and O–H groups in total. The van der Waals surface area contributed by atoms with E-state index in [4.69, 9.17) is 11.6 Å². The van der Waals surface area contributed by atoms with Gasteiger partial charge >= 0.3 is 0 Å². The zero-order chi connectivity index (χ0) is 20.5. The Morgan fingerprint density at radius 1 is 1.14 bits per heavy atom. The normalized spacial score (nSPS) is 12.6. The lowest BCUT2D eigenvalue weighted by atomic mass is 9.83. The number of halogens is 1. The van der Waals surface area contributed by atoms with Crippen molar-refractivity contribution in [3.8, 4) is 5.75 Å². The highest BCUT2D eigenvalue weighted by atomic mass is 35.5. The average molecular weight is 418 g/mol. The summed E-state index contributed by atoms with van der Waals surface area (Å²) in [7, 11) is 0. The number of aromatic nitrogens is 3. The number of imidazole rings is 1. The molecule has 0 fully saturated rings. The number of aromatic hydroxyl groups is 1. The second kappa shape index (κ2) is 7.96. The number of thioether (sulfide) groups is 1. The molecule has 2 heterocycles. The summed E-state index contributed by atoms with van der Waals surface area (Å²) in [6.45, 7) is 11.1. The maximum absolute atomic E-state index is 10.8. The molecule has 1 aromatic carbocycles. The Morgan fingerprint density at radius 2 is 1.86 bits per heavy atom. The molecule has 0 amide bonds. The van der Waals surface area contributed by atoms with Crippen LogP contribution in [0.1, 0.15) is 52.2 Å². The molecule has 0 aliphatic rings. The molecule has 6 heteroatoms. The van der Waals surface area contributed by atoms with Gasteiger partial charge in [-0.15, -0.1) is 23.4 Å². The molecule has 28 heavy (non-hydrogen) atoms. The third kappa shape index (κ3) is 4.64. The summed E-state index contributed by atoms with van der Waals surface area (Å²) < 4.78 is 2.17. The van der Waals surface area contributed by atoms with Crippen LogP contribution < -0.4 is 0 Å². The summed E-state index contributed by atoms with van der Waals surface area (Å²) >= 11 is 8.36. The van der Waals surface area contributed by atoms with Gasteiger partial charge in [-0.1, -0.05) is 20.8 Å². The molecule has 0 saturated carbocycles. The van der Waals surface area contributed by atoms with E-state index in [1.807, 2.05) is 32.3 Å². The Balaban J connectivity index is 1.73. The number of benzene rings is 1. The van der Waals surface area contributed by atoms with Crippen LogP contribution in [0.3, 0.4) is 0 Å². The fourth-order valence-electron chi connectivity index (χ4n) is 3.23. The van der Waals surface area contributed by atoms with Crippen LogP contribution in [0.2, 0.25) is 0 Å². The first-order valence-electron chi connectivity index (χ1n) is 9.52. The molecule has 0 spiro atoms. The number of phenolic OH excluding ortho intramolecular Hbond substituents is 1. The van der Waals surface area contributed by atoms with Gasteiger partial charge in [-0.2, -0.15) is 0 Å². The maximum Gasteiger partial charge on any atom is 0.124 e. The molecule has 0 unspecified atom stereocenters. The van der Waals surface area contributed by atoms with Crippen molar-refractivity contribution < 1.29 is 5.11 Å². The summed E-state index contributed by atoms with van der Waals surface area (Å²) in [6.07, 6.45) is 6.49. The van der Waals surface area contributed by atoms with Crippen molar-refractivity contribution in [3.63, 3.8) is 0 Å². The molecule has 0 saturated heterocycles. The fourth-order valence-corrected chi connectivity index (χ4v) is 4.29. The van der Waals surface area contributed by atoms with Gasteiger partial charge in [0.05, 0.1) is 22.9 Å². The van der Waals surface area contributed by atoms with Gasteiger partial charge in [0, 0.05) is 28.8 Å². The number of pyridine rings is 1. The number of phenols is 1. The van der Waals surface area contributed by atoms with E-state index in [1.165, 1.54) is 0 Å². The largest absolute Gasteiger partial charge is 0.507 e. The minimum absolute atomic E-state index is 0.151. The molecule has 0 aliphatic carbocycles. The van der Waals surface area contributed by atoms with E-state index in [1.54, 1.807) is 24.2 Å². The molecule has 0 bridgehead atoms. The van der Waals surface area contributed by atoms with E-state index >= 15 is 0 Å². The van der Waals surface area contributed by atoms with Crippen molar-refractivity contribution in [1.29, 1.82) is 0 Å². The van der Waals surface area contributed by atoms with E-state index in [9.17, 15) is 5.11 Å². The number of rotatable bonds is 6. The van der Waals surface area contributed by atoms with Gasteiger partial charge in [0.25, 0.3) is 0 Å². The van der Waals surface area contributed by atoms with Gasteiger partial charge in [0.2, 0.25) is 0 Å². The van der Waals surface area contributed by atoms with Crippen LogP contribution in [0, 0.1) is 0 Å². The Morgan fingerprint density at radius 3 is 2.54 bits per heavy atom. The number of aryl methyl sites for hydroxylation is 1. The van der Waals surface area contributed by atoms with Crippen LogP contribution in [0.5, 0.6) is 5.75 Å². The van der Waals surface area contributed by atoms with Crippen LogP contribution in [0.15, 0.2) is 41.8 Å². The average Bonchev–Trinajstić information content (AvgIpc) is 3.01. The second-order valence-electron chi connectivity index (χ2n) is 8.59. The first kappa shape index (κ1) is 21.0. The Bertz CT molecular complexity index is 935. The first-order chi connectivity index (χ1) is 13.1. The van der Waals surface area contributed by atoms with Crippen LogP contribution >= 0.6 is 23.4 Å². The Labute approximate surface area is 176 Å². The zero-order valence-corrected chi connectivity index (χ0v) is 18.7. The minimum Gasteiger partial charge on any atom is -0.507 e. The van der Waals surface area contributed by atoms with Crippen LogP contribution in [-0.2, 0) is 16.8 Å². The SMILES string of the molecule is CC(C)(C)c1cc(SCCCn2cnc3cnccc32)cc(C(C)(C)Cl)c1O. The quantitative estimate of drug-likeness (QED) is 0.299. The van der Waals surface area contributed by atoms with Crippen molar-refractivity contribution in [1.82, 2.24) is 14.5 Å². The van der Waals surface area contributed by atoms with Crippen molar-refractivity contribution in [3.05, 3.63) is 48.0 Å². The Kier molecular flexibility index (Phi) is 5.97. The molecule has 2 aromatic heterocycles. The Hall–Kier alpha value is -1.72. The predicted molar refractivity (Wildman–Crippen MR) is 119 cm³/mol. The van der Waals surface area contributed by atoms with Crippen molar-refractivity contribution in [2.45, 2.75) is 62.8 Å². The monoisotopic (exact) mass is 417 g/mol. The first-order valence-corrected chi connectivity index (χ1v) is 10.9. The summed E-state index contributed by atoms with van der Waals surface area (Å²) in [5.41, 5.74) is 3.62. The zero-order valence-electron chi connectivity index (χ0n) is 17.2. The van der Waals surface area contributed by atoms with Gasteiger partial charge in [0.15, 0.2) is 0 Å². The number of nitrogens with zero attached hydrogens (tertiary/aromatic N) is 3. The molecular weight excluding hydrogens is 390 g/mol. The van der Waals surface area contributed by atoms with E-state index in [-0.39, 0.29) is 5.41 Å². The minimum atomic E-state index is -0.621. The lowest BCUT2D eigenvalue weighted by Crippen LogP contribution is -2.16. The highest BCUT2D eigenvalue weighted by Crippen LogP contribution is 2.43. The van der Waals surface area contributed by atoms with Crippen LogP contribution in [-0.4, -0.2) is 25.4 Å². The van der Waals surface area contributed by atoms with E-state index in [0.29, 0.717) is 5.75 Å². The van der Waals surface area contributed by atoms with Crippen molar-refractivity contribution in [2.24, 2.45) is 0 Å². The molecule has 0 atom stereocenters. The van der Waals surface area contributed by atoms with Crippen molar-refractivity contribution in [2.75, 3.05) is 5.75 Å². The number of alkyl halides is 1. The highest BCUT2D eigenvalue weighted by Gasteiger charge is 2.27. The summed E-state index contributed by atoms with van der Waals surface area (Å²) in [4.78, 5) is 9.03. The van der Waals surface area contributed by atoms with Gasteiger partial charge in [0.1, 0.15) is 11.3 Å². The smallest absolute Gasteiger partial charge is 0.124 e. The lowest BCUT2D eigenvalue weighted by molar-refractivity contribution is 0.433. The molecule has 0 radical (unpaired) electrons. The number of hydrogen-bond donors (Lipinski definition) is 1. The number of fused-ring (bicyclic) bond motifs is 1. The van der Waals surface area contributed by atoms with Gasteiger partial charge in [-0.25, -0.2) is 4.98 Å². The van der Waals surface area contributed by atoms with E-state index in [2.05, 4.69) is 41.4 Å². The molecular formula is C22H28ClN3OS. The van der Waals surface area contributed by atoms with Gasteiger partial charge in [-0.05, 0) is 49.6 Å². The van der Waals surface area contributed by atoms with Crippen LogP contribution in [0.25, 0.3) is 11.0 Å². The van der Waals surface area contributed by atoms with E-state index in [0.717, 1.165) is 45.8 Å². The third-order valence-corrected chi connectivity index (χ3v) is 6.03. The summed E-state index contributed by atoms with van der Waals surface area (Å²) in [6, 6.07) is 6.13. The molecule has 0 aliphatic heterocycles. The maximum atomic E-state index is 10.8. The lowest BCUT2D eigenvalue weighted by Gasteiger charge is -2.27. The van der Waals surface area contributed by atoms with E-state index < -0.39 is 4.87 Å². The number of hydrogen-bond acceptors (Lipinski definition) is 4. The highest BCUT2D eigenvalue weighted by molar-refractivity contribution is 7.99. The van der Waals surface area contributed by atoms with Crippen molar-refractivity contribution >= 4 is 34.4 Å². The fraction of sp³-hybridized carbons (Fsp3) is 0.455. The molecule has 150 valence electrons. The molecule has 4 nitrogen and oxygen atoms in total. The third-order valence-electron chi connectivity index (χ3n) is 4.77. The summed E-state index contributed by atoms with van der Waals surface area (Å²) in [5.74, 6) is 1.29. The second-order valence-corrected chi connectivity index (χ2v) is 10.7. The van der Waals surface area contributed by atoms with Gasteiger partial charge < -0.3 is 9.67 Å². The standard InChI is InChI=1S/C22H28ClN3OS/c1-21(2,3)16-11-15(12-17(20(16)27)22(4,5)23)28-10-6-9-26-14-25-18-13-24-8-7-19(18)26/h7-8,11-14,27H,6,9-10H2,1-5H3. The van der Waals surface area contributed by atoms with Crippen LogP contribution in [0.4, 0.5) is 0 Å².